The molecule has 6 rings (SSSR count). The van der Waals surface area contributed by atoms with Crippen LogP contribution in [0.25, 0.3) is 22.3 Å². The van der Waals surface area contributed by atoms with E-state index in [9.17, 15) is 10.2 Å². The van der Waals surface area contributed by atoms with Crippen molar-refractivity contribution in [3.8, 4) is 11.5 Å². The number of ether oxygens (including phenoxy) is 2. The fraction of sp³-hybridized carbons (Fsp3) is 0.429. The van der Waals surface area contributed by atoms with Crippen LogP contribution < -0.4 is 41.0 Å². The Kier molecular flexibility index (Phi) is 20.4. The molecule has 0 saturated carbocycles. The molecule has 0 fully saturated rings. The van der Waals surface area contributed by atoms with E-state index >= 15 is 0 Å². The van der Waals surface area contributed by atoms with E-state index in [4.69, 9.17) is 29.3 Å². The Morgan fingerprint density at radius 1 is 0.651 bits per heavy atom. The molecule has 0 aliphatic rings. The van der Waals surface area contributed by atoms with Crippen LogP contribution in [0, 0.1) is 0 Å². The minimum Gasteiger partial charge on any atom is -0.543 e. The Morgan fingerprint density at radius 2 is 1.02 bits per heavy atom. The number of fused-ring (bicyclic) bond motifs is 2. The molecule has 0 saturated heterocycles. The summed E-state index contributed by atoms with van der Waals surface area (Å²) in [6, 6.07) is 15.9. The quantitative estimate of drug-likeness (QED) is 0.0676. The number of aliphatic hydroxyl groups is 2. The van der Waals surface area contributed by atoms with Gasteiger partial charge in [0.2, 0.25) is 11.9 Å². The number of rotatable bonds is 18. The topological polar surface area (TPSA) is 274 Å². The third-order valence-electron chi connectivity index (χ3n) is 9.49. The predicted molar refractivity (Wildman–Crippen MR) is 232 cm³/mol. The summed E-state index contributed by atoms with van der Waals surface area (Å²) in [4.78, 5) is 45.4. The fourth-order valence-electron chi connectivity index (χ4n) is 5.94. The van der Waals surface area contributed by atoms with Crippen LogP contribution in [0.4, 0.5) is 23.5 Å². The monoisotopic (exact) mass is 1050 g/mol. The van der Waals surface area contributed by atoms with Gasteiger partial charge in [0.15, 0.2) is 34.0 Å². The van der Waals surface area contributed by atoms with Gasteiger partial charge in [-0.15, -0.1) is 0 Å². The van der Waals surface area contributed by atoms with E-state index in [0.717, 1.165) is 46.8 Å². The number of aromatic nitrogens is 8. The molecule has 0 radical (unpaired) electrons. The molecule has 0 spiro atoms. The number of carboxylic acids is 2. The van der Waals surface area contributed by atoms with Crippen molar-refractivity contribution in [3.63, 3.8) is 0 Å². The molecule has 4 aromatic heterocycles. The molecule has 63 heavy (non-hydrogen) atoms. The molecule has 0 bridgehead atoms. The molecule has 0 aliphatic carbocycles. The molecule has 2 unspecified atom stereocenters. The summed E-state index contributed by atoms with van der Waals surface area (Å²) in [5.74, 6) is -0.506. The average molecular weight is 1050 g/mol. The molecule has 6 aromatic rings. The number of aliphatic carboxylic acids is 2. The normalized spacial score (nSPS) is 11.7. The van der Waals surface area contributed by atoms with Crippen LogP contribution in [0.1, 0.15) is 77.6 Å². The molecule has 20 nitrogen and oxygen atoms in total. The van der Waals surface area contributed by atoms with Gasteiger partial charge >= 0.3 is 21.1 Å². The summed E-state index contributed by atoms with van der Waals surface area (Å²) in [7, 11) is 3.32. The standard InChI is InChI=1S/2C20H28N6O2.C2H2O4.Pt/c2*1-5-15(11-27)23-20-24-18(17-19(25-20)26(12-22-17)13(2)3)21-10-14-8-6-7-9-16(14)28-4;3-1(4)2(5)6;/h2*6-9,12-13,15,27H,5,10-11H2,1-4H3,(H2,21,23,24,25);(H,3,4)(H,5,6);/q;;;+2/p-2. The summed E-state index contributed by atoms with van der Waals surface area (Å²) in [5, 5.41) is 50.0. The third-order valence-corrected chi connectivity index (χ3v) is 9.49. The van der Waals surface area contributed by atoms with E-state index in [1.54, 1.807) is 26.9 Å². The second kappa shape index (κ2) is 25.1. The van der Waals surface area contributed by atoms with Crippen molar-refractivity contribution in [1.29, 1.82) is 0 Å². The Labute approximate surface area is 380 Å². The van der Waals surface area contributed by atoms with Crippen molar-refractivity contribution in [3.05, 3.63) is 72.3 Å². The number of anilines is 4. The van der Waals surface area contributed by atoms with Crippen LogP contribution in [0.5, 0.6) is 11.5 Å². The minimum absolute atomic E-state index is 0. The van der Waals surface area contributed by atoms with Crippen molar-refractivity contribution in [2.45, 2.75) is 91.6 Å². The first-order chi connectivity index (χ1) is 29.8. The molecular weight excluding hydrogens is 996 g/mol. The summed E-state index contributed by atoms with van der Waals surface area (Å²) in [6.45, 7) is 13.5. The van der Waals surface area contributed by atoms with E-state index in [-0.39, 0.29) is 58.4 Å². The van der Waals surface area contributed by atoms with Gasteiger partial charge in [0, 0.05) is 36.3 Å². The number of aliphatic hydroxyl groups excluding tert-OH is 2. The van der Waals surface area contributed by atoms with E-state index in [2.05, 4.69) is 78.9 Å². The van der Waals surface area contributed by atoms with Crippen LogP contribution in [0.2, 0.25) is 0 Å². The van der Waals surface area contributed by atoms with Gasteiger partial charge in [-0.05, 0) is 52.7 Å². The van der Waals surface area contributed by atoms with Crippen LogP contribution in [0.3, 0.4) is 0 Å². The number of nitrogens with zero attached hydrogens (tertiary/aromatic N) is 8. The minimum atomic E-state index is -2.19. The van der Waals surface area contributed by atoms with Crippen molar-refractivity contribution in [2.24, 2.45) is 0 Å². The number of nitrogens with one attached hydrogen (secondary N) is 4. The number of carbonyl (C=O) groups is 2. The van der Waals surface area contributed by atoms with Crippen molar-refractivity contribution >= 4 is 57.8 Å². The fourth-order valence-corrected chi connectivity index (χ4v) is 5.94. The second-order valence-corrected chi connectivity index (χ2v) is 14.4. The summed E-state index contributed by atoms with van der Waals surface area (Å²) in [5.41, 5.74) is 4.98. The molecule has 21 heteroatoms. The van der Waals surface area contributed by atoms with Crippen LogP contribution in [-0.2, 0) is 43.7 Å². The first-order valence-corrected chi connectivity index (χ1v) is 20.2. The van der Waals surface area contributed by atoms with Gasteiger partial charge in [-0.3, -0.25) is 0 Å². The van der Waals surface area contributed by atoms with Gasteiger partial charge in [0.1, 0.15) is 11.5 Å². The number of hydrogen-bond donors (Lipinski definition) is 6. The number of hydrogen-bond acceptors (Lipinski definition) is 18. The maximum Gasteiger partial charge on any atom is 2.00 e. The molecule has 342 valence electrons. The van der Waals surface area contributed by atoms with Crippen LogP contribution in [0.15, 0.2) is 61.2 Å². The van der Waals surface area contributed by atoms with Crippen molar-refractivity contribution in [2.75, 3.05) is 48.7 Å². The third kappa shape index (κ3) is 13.9. The summed E-state index contributed by atoms with van der Waals surface area (Å²) in [6.07, 6.45) is 5.10. The summed E-state index contributed by atoms with van der Waals surface area (Å²) < 4.78 is 14.9. The zero-order chi connectivity index (χ0) is 45.3. The first-order valence-electron chi connectivity index (χ1n) is 20.2. The van der Waals surface area contributed by atoms with Gasteiger partial charge in [-0.2, -0.15) is 19.9 Å². The largest absolute Gasteiger partial charge is 2.00 e. The summed E-state index contributed by atoms with van der Waals surface area (Å²) >= 11 is 0. The van der Waals surface area contributed by atoms with E-state index in [0.29, 0.717) is 47.7 Å². The molecule has 2 atom stereocenters. The van der Waals surface area contributed by atoms with Gasteiger partial charge in [-0.25, -0.2) is 9.97 Å². The van der Waals surface area contributed by atoms with E-state index < -0.39 is 11.9 Å². The van der Waals surface area contributed by atoms with Crippen LogP contribution >= 0.6 is 0 Å². The molecule has 4 heterocycles. The number of benzene rings is 2. The number of methoxy groups -OCH3 is 2. The smallest absolute Gasteiger partial charge is 0.543 e. The first kappa shape index (κ1) is 51.2. The molecule has 0 amide bonds. The van der Waals surface area contributed by atoms with E-state index in [1.807, 2.05) is 71.5 Å². The van der Waals surface area contributed by atoms with Gasteiger partial charge < -0.3 is 69.9 Å². The maximum absolute atomic E-state index is 9.52. The molecule has 2 aromatic carbocycles. The maximum atomic E-state index is 9.52. The Balaban J connectivity index is 0.000000293. The zero-order valence-electron chi connectivity index (χ0n) is 36.6. The van der Waals surface area contributed by atoms with Crippen molar-refractivity contribution in [1.82, 2.24) is 39.0 Å². The number of para-hydroxylation sites is 2. The van der Waals surface area contributed by atoms with Gasteiger partial charge in [0.05, 0.1) is 64.1 Å². The number of carboxylic acid groups (broad SMARTS) is 2. The van der Waals surface area contributed by atoms with Crippen LogP contribution in [-0.4, -0.2) is 101 Å². The molecule has 0 aliphatic heterocycles. The Bertz CT molecular complexity index is 2200. The molecular formula is C42H56N12O8Pt. The molecule has 6 N–H and O–H groups in total. The van der Waals surface area contributed by atoms with Crippen molar-refractivity contribution < 1.29 is 60.6 Å². The number of carbonyl (C=O) groups excluding carboxylic acids is 2. The predicted octanol–water partition coefficient (Wildman–Crippen LogP) is 2.91. The average Bonchev–Trinajstić information content (AvgIpc) is 3.92. The number of imidazole rings is 2. The SMILES string of the molecule is CCC(CO)Nc1nc(NCc2ccccc2OC)c2ncn(C(C)C)c2n1.CCC(CO)Nc1nc(NCc2ccccc2OC)c2ncn(C(C)C)c2n1.O=C([O-])C(=O)[O-].[Pt+2]. The van der Waals surface area contributed by atoms with E-state index in [1.165, 1.54) is 0 Å². The Hall–Kier alpha value is -6.11. The van der Waals surface area contributed by atoms with Gasteiger partial charge in [0.25, 0.3) is 0 Å². The zero-order valence-corrected chi connectivity index (χ0v) is 38.8. The Morgan fingerprint density at radius 3 is 1.32 bits per heavy atom. The van der Waals surface area contributed by atoms with Gasteiger partial charge in [-0.1, -0.05) is 50.2 Å². The second-order valence-electron chi connectivity index (χ2n) is 14.4.